The summed E-state index contributed by atoms with van der Waals surface area (Å²) in [7, 11) is 0. The molecule has 0 aliphatic heterocycles. The van der Waals surface area contributed by atoms with E-state index in [4.69, 9.17) is 0 Å². The molecule has 6 nitrogen and oxygen atoms in total. The van der Waals surface area contributed by atoms with Gasteiger partial charge in [-0.2, -0.15) is 0 Å². The van der Waals surface area contributed by atoms with E-state index in [1.54, 1.807) is 31.2 Å². The average molecular weight is 646 g/mol. The van der Waals surface area contributed by atoms with Crippen molar-refractivity contribution in [1.29, 1.82) is 0 Å². The van der Waals surface area contributed by atoms with Gasteiger partial charge in [0.15, 0.2) is 11.6 Å². The van der Waals surface area contributed by atoms with Gasteiger partial charge < -0.3 is 10.6 Å². The summed E-state index contributed by atoms with van der Waals surface area (Å²) in [5.74, 6) is 1.67. The van der Waals surface area contributed by atoms with Gasteiger partial charge in [-0.1, -0.05) is 105 Å². The summed E-state index contributed by atoms with van der Waals surface area (Å²) in [5.41, 5.74) is 6.08. The lowest BCUT2D eigenvalue weighted by molar-refractivity contribution is 0.100. The van der Waals surface area contributed by atoms with Gasteiger partial charge in [0.2, 0.25) is 0 Å². The van der Waals surface area contributed by atoms with Crippen LogP contribution in [0.1, 0.15) is 175 Å². The maximum atomic E-state index is 12.3. The minimum absolute atomic E-state index is 0.0359. The summed E-state index contributed by atoms with van der Waals surface area (Å²) in [6.45, 7) is 26.2. The van der Waals surface area contributed by atoms with Crippen LogP contribution >= 0.6 is 0 Å². The quantitative estimate of drug-likeness (QED) is 0.191. The number of carbonyl (C=O) groups excluding carboxylic acids is 3. The molecule has 47 heavy (non-hydrogen) atoms. The first-order valence-corrected chi connectivity index (χ1v) is 17.6. The Balaban J connectivity index is 0.000000803. The van der Waals surface area contributed by atoms with E-state index in [9.17, 15) is 14.4 Å². The lowest BCUT2D eigenvalue weighted by Crippen LogP contribution is -2.15. The first-order chi connectivity index (χ1) is 22.3. The molecule has 0 saturated carbocycles. The Hall–Kier alpha value is -3.80. The second-order valence-corrected chi connectivity index (χ2v) is 12.3. The van der Waals surface area contributed by atoms with Gasteiger partial charge in [0.05, 0.1) is 5.56 Å². The molecule has 0 spiro atoms. The lowest BCUT2D eigenvalue weighted by Gasteiger charge is -2.19. The number of hydrogen-bond donors (Lipinski definition) is 2. The number of hydrogen-bond acceptors (Lipinski definition) is 5. The molecule has 0 aliphatic carbocycles. The highest BCUT2D eigenvalue weighted by Crippen LogP contribution is 2.30. The minimum atomic E-state index is -0.252. The van der Waals surface area contributed by atoms with Gasteiger partial charge in [-0.15, -0.1) is 0 Å². The fourth-order valence-corrected chi connectivity index (χ4v) is 4.89. The Kier molecular flexibility index (Phi) is 21.6. The molecule has 0 fully saturated rings. The maximum Gasteiger partial charge on any atom is 0.257 e. The van der Waals surface area contributed by atoms with Gasteiger partial charge in [-0.25, -0.2) is 4.98 Å². The third-order valence-electron chi connectivity index (χ3n) is 7.18. The van der Waals surface area contributed by atoms with E-state index in [1.165, 1.54) is 56.4 Å². The molecule has 0 atom stereocenters. The molecule has 2 aromatic carbocycles. The van der Waals surface area contributed by atoms with Gasteiger partial charge in [-0.05, 0) is 94.2 Å². The van der Waals surface area contributed by atoms with Crippen molar-refractivity contribution in [3.8, 4) is 0 Å². The number of carbonyl (C=O) groups is 3. The Labute approximate surface area is 286 Å². The summed E-state index contributed by atoms with van der Waals surface area (Å²) in [6, 6.07) is 15.5. The third-order valence-corrected chi connectivity index (χ3v) is 7.18. The van der Waals surface area contributed by atoms with Gasteiger partial charge in [0, 0.05) is 29.1 Å². The second kappa shape index (κ2) is 23.5. The zero-order chi connectivity index (χ0) is 36.1. The highest BCUT2D eigenvalue weighted by Gasteiger charge is 2.16. The number of ketones is 2. The number of aromatic nitrogens is 1. The lowest BCUT2D eigenvalue weighted by atomic mass is 9.85. The van der Waals surface area contributed by atoms with Crippen molar-refractivity contribution in [2.24, 2.45) is 0 Å². The van der Waals surface area contributed by atoms with E-state index in [-0.39, 0.29) is 23.5 Å². The highest BCUT2D eigenvalue weighted by atomic mass is 16.1. The van der Waals surface area contributed by atoms with E-state index in [0.29, 0.717) is 28.7 Å². The van der Waals surface area contributed by atoms with Gasteiger partial charge >= 0.3 is 0 Å². The molecule has 0 aliphatic rings. The number of nitrogens with one attached hydrogen (secondary N) is 2. The SMILES string of the molecule is CC.CC(=O)c1ccc(C)c(NC(=O)c2ccc(NC(C)C)nc2)c1.CCC.CCCC(CCC)c1ccc(C(C)=O)c(C(C)C)c1. The molecule has 0 radical (unpaired) electrons. The second-order valence-electron chi connectivity index (χ2n) is 12.3. The molecule has 6 heteroatoms. The van der Waals surface area contributed by atoms with Gasteiger partial charge in [-0.3, -0.25) is 14.4 Å². The van der Waals surface area contributed by atoms with E-state index >= 15 is 0 Å². The summed E-state index contributed by atoms with van der Waals surface area (Å²) in [6.07, 6.45) is 7.70. The Morgan fingerprint density at radius 2 is 1.34 bits per heavy atom. The average Bonchev–Trinajstić information content (AvgIpc) is 3.03. The van der Waals surface area contributed by atoms with Crippen molar-refractivity contribution >= 4 is 29.0 Å². The van der Waals surface area contributed by atoms with Gasteiger partial charge in [0.1, 0.15) is 5.82 Å². The van der Waals surface area contributed by atoms with Crippen molar-refractivity contribution < 1.29 is 14.4 Å². The van der Waals surface area contributed by atoms with Crippen molar-refractivity contribution in [2.45, 2.75) is 140 Å². The third kappa shape index (κ3) is 15.6. The van der Waals surface area contributed by atoms with Crippen LogP contribution in [0.4, 0.5) is 11.5 Å². The first-order valence-electron chi connectivity index (χ1n) is 17.6. The van der Waals surface area contributed by atoms with Crippen molar-refractivity contribution in [3.63, 3.8) is 0 Å². The molecule has 3 aromatic rings. The number of benzene rings is 2. The number of nitrogens with zero attached hydrogens (tertiary/aromatic N) is 1. The normalized spacial score (nSPS) is 10.2. The Morgan fingerprint density at radius 1 is 0.766 bits per heavy atom. The van der Waals surface area contributed by atoms with E-state index < -0.39 is 0 Å². The fraction of sp³-hybridized carbons (Fsp3) is 0.512. The summed E-state index contributed by atoms with van der Waals surface area (Å²) in [5, 5.41) is 6.00. The zero-order valence-electron chi connectivity index (χ0n) is 31.6. The predicted molar refractivity (Wildman–Crippen MR) is 203 cm³/mol. The molecule has 260 valence electrons. The zero-order valence-corrected chi connectivity index (χ0v) is 31.6. The Morgan fingerprint density at radius 3 is 1.79 bits per heavy atom. The van der Waals surface area contributed by atoms with Crippen LogP contribution in [-0.2, 0) is 0 Å². The molecule has 0 bridgehead atoms. The summed E-state index contributed by atoms with van der Waals surface area (Å²) >= 11 is 0. The molecule has 2 N–H and O–H groups in total. The Bertz CT molecular complexity index is 1350. The van der Waals surface area contributed by atoms with Crippen LogP contribution in [0.2, 0.25) is 0 Å². The molecule has 3 rings (SSSR count). The molecule has 1 aromatic heterocycles. The summed E-state index contributed by atoms with van der Waals surface area (Å²) in [4.78, 5) is 39.7. The van der Waals surface area contributed by atoms with Crippen molar-refractivity contribution in [2.75, 3.05) is 10.6 Å². The first kappa shape index (κ1) is 43.2. The van der Waals surface area contributed by atoms with E-state index in [1.807, 2.05) is 46.8 Å². The van der Waals surface area contributed by atoms with Crippen LogP contribution in [0, 0.1) is 6.92 Å². The molecule has 1 amide bonds. The van der Waals surface area contributed by atoms with Crippen LogP contribution in [-0.4, -0.2) is 28.5 Å². The molecule has 0 saturated heterocycles. The number of anilines is 2. The predicted octanol–water partition coefficient (Wildman–Crippen LogP) is 11.8. The molecular weight excluding hydrogens is 582 g/mol. The summed E-state index contributed by atoms with van der Waals surface area (Å²) < 4.78 is 0. The number of rotatable bonds is 12. The van der Waals surface area contributed by atoms with Crippen LogP contribution < -0.4 is 10.6 Å². The van der Waals surface area contributed by atoms with E-state index in [2.05, 4.69) is 69.3 Å². The molecule has 0 unspecified atom stereocenters. The van der Waals surface area contributed by atoms with Crippen molar-refractivity contribution in [1.82, 2.24) is 4.98 Å². The van der Waals surface area contributed by atoms with Crippen LogP contribution in [0.25, 0.3) is 0 Å². The molecular formula is C41H63N3O3. The van der Waals surface area contributed by atoms with Gasteiger partial charge in [0.25, 0.3) is 5.91 Å². The molecule has 1 heterocycles. The fourth-order valence-electron chi connectivity index (χ4n) is 4.89. The van der Waals surface area contributed by atoms with Crippen LogP contribution in [0.3, 0.4) is 0 Å². The number of amides is 1. The van der Waals surface area contributed by atoms with Crippen molar-refractivity contribution in [3.05, 3.63) is 88.1 Å². The number of aryl methyl sites for hydroxylation is 1. The maximum absolute atomic E-state index is 12.3. The largest absolute Gasteiger partial charge is 0.368 e. The topological polar surface area (TPSA) is 88.2 Å². The van der Waals surface area contributed by atoms with E-state index in [0.717, 1.165) is 16.9 Å². The smallest absolute Gasteiger partial charge is 0.257 e. The highest BCUT2D eigenvalue weighted by molar-refractivity contribution is 6.05. The number of pyridine rings is 1. The monoisotopic (exact) mass is 645 g/mol. The standard InChI is InChI=1S/C18H21N3O2.C18H28O.C3H8.C2H6/c1-11(2)20-17-8-7-15(10-19-17)18(23)21-16-9-14(13(4)22)6-5-12(16)3;1-6-8-15(9-7-2)16-10-11-17(14(5)19)18(12-16)13(3)4;1-3-2;1-2/h5-11H,1-4H3,(H,19,20)(H,21,23);10-13,15H,6-9H2,1-5H3;3H2,1-2H3;1-2H3. The minimum Gasteiger partial charge on any atom is -0.368 e. The van der Waals surface area contributed by atoms with Crippen LogP contribution in [0.5, 0.6) is 0 Å². The number of Topliss-reactive ketones (excluding diaryl/α,β-unsaturated/α-hetero) is 2. The van der Waals surface area contributed by atoms with Crippen LogP contribution in [0.15, 0.2) is 54.7 Å².